The van der Waals surface area contributed by atoms with Crippen molar-refractivity contribution in [2.45, 2.75) is 57.9 Å². The van der Waals surface area contributed by atoms with Crippen LogP contribution >= 0.6 is 12.4 Å². The summed E-state index contributed by atoms with van der Waals surface area (Å²) in [6.07, 6.45) is 9.06. The number of nitrogens with one attached hydrogen (secondary N) is 2. The van der Waals surface area contributed by atoms with Crippen LogP contribution in [0.1, 0.15) is 51.9 Å². The second kappa shape index (κ2) is 9.04. The zero-order valence-corrected chi connectivity index (χ0v) is 15.6. The van der Waals surface area contributed by atoms with Crippen molar-refractivity contribution in [3.8, 4) is 0 Å². The molecule has 3 aliphatic rings. The Hall–Kier alpha value is -0.810. The largest absolute Gasteiger partial charge is 0.355 e. The molecule has 0 aromatic rings. The Morgan fingerprint density at radius 3 is 2.38 bits per heavy atom. The Morgan fingerprint density at radius 2 is 1.75 bits per heavy atom. The molecule has 2 amide bonds. The lowest BCUT2D eigenvalue weighted by atomic mass is 9.89. The Balaban J connectivity index is 0.00000208. The molecule has 5 nitrogen and oxygen atoms in total. The van der Waals surface area contributed by atoms with Crippen molar-refractivity contribution in [3.63, 3.8) is 0 Å². The van der Waals surface area contributed by atoms with Crippen LogP contribution in [-0.4, -0.2) is 48.9 Å². The maximum Gasteiger partial charge on any atom is 0.234 e. The van der Waals surface area contributed by atoms with E-state index in [1.165, 1.54) is 44.9 Å². The summed E-state index contributed by atoms with van der Waals surface area (Å²) in [7, 11) is 0. The molecule has 3 fully saturated rings. The monoisotopic (exact) mass is 357 g/mol. The highest BCUT2D eigenvalue weighted by Crippen LogP contribution is 2.41. The van der Waals surface area contributed by atoms with Gasteiger partial charge in [-0.05, 0) is 43.4 Å². The molecule has 3 rings (SSSR count). The van der Waals surface area contributed by atoms with Gasteiger partial charge in [0.1, 0.15) is 0 Å². The van der Waals surface area contributed by atoms with Gasteiger partial charge in [-0.1, -0.05) is 19.3 Å². The molecule has 2 saturated carbocycles. The highest BCUT2D eigenvalue weighted by atomic mass is 35.5. The average molecular weight is 358 g/mol. The summed E-state index contributed by atoms with van der Waals surface area (Å²) in [5.74, 6) is 2.16. The van der Waals surface area contributed by atoms with Crippen molar-refractivity contribution in [3.05, 3.63) is 0 Å². The highest BCUT2D eigenvalue weighted by molar-refractivity contribution is 5.85. The average Bonchev–Trinajstić information content (AvgIpc) is 3.29. The smallest absolute Gasteiger partial charge is 0.234 e. The molecule has 0 radical (unpaired) electrons. The van der Waals surface area contributed by atoms with Gasteiger partial charge >= 0.3 is 0 Å². The second-order valence-corrected chi connectivity index (χ2v) is 7.81. The van der Waals surface area contributed by atoms with E-state index in [1.54, 1.807) is 6.92 Å². The Morgan fingerprint density at radius 1 is 1.04 bits per heavy atom. The van der Waals surface area contributed by atoms with Gasteiger partial charge in [0.05, 0.1) is 6.54 Å². The fourth-order valence-electron chi connectivity index (χ4n) is 4.37. The number of nitrogens with zero attached hydrogens (tertiary/aromatic N) is 1. The molecule has 2 atom stereocenters. The van der Waals surface area contributed by atoms with E-state index >= 15 is 0 Å². The highest BCUT2D eigenvalue weighted by Gasteiger charge is 2.43. The van der Waals surface area contributed by atoms with E-state index in [2.05, 4.69) is 15.5 Å². The minimum Gasteiger partial charge on any atom is -0.355 e. The second-order valence-electron chi connectivity index (χ2n) is 7.81. The van der Waals surface area contributed by atoms with Crippen molar-refractivity contribution in [1.82, 2.24) is 15.5 Å². The molecule has 1 aliphatic heterocycles. The topological polar surface area (TPSA) is 61.4 Å². The van der Waals surface area contributed by atoms with Gasteiger partial charge in [0.25, 0.3) is 0 Å². The van der Waals surface area contributed by atoms with Gasteiger partial charge in [-0.3, -0.25) is 14.5 Å². The number of halogens is 1. The molecule has 1 saturated heterocycles. The Labute approximate surface area is 151 Å². The van der Waals surface area contributed by atoms with E-state index in [1.807, 2.05) is 0 Å². The summed E-state index contributed by atoms with van der Waals surface area (Å²) < 4.78 is 0. The lowest BCUT2D eigenvalue weighted by molar-refractivity contribution is -0.122. The van der Waals surface area contributed by atoms with Crippen LogP contribution in [0.15, 0.2) is 0 Å². The molecule has 138 valence electrons. The number of hydrogen-bond acceptors (Lipinski definition) is 3. The third-order valence-electron chi connectivity index (χ3n) is 5.74. The van der Waals surface area contributed by atoms with Gasteiger partial charge in [0, 0.05) is 32.6 Å². The SMILES string of the molecule is CC(=O)N[C@H]1CN(CC(=O)NCC2CCCCC2)C[C@@H]1C1CC1.Cl. The first-order chi connectivity index (χ1) is 11.1. The van der Waals surface area contributed by atoms with Gasteiger partial charge in [-0.2, -0.15) is 0 Å². The number of carbonyl (C=O) groups is 2. The van der Waals surface area contributed by atoms with Gasteiger partial charge in [-0.15, -0.1) is 12.4 Å². The first kappa shape index (κ1) is 19.5. The minimum atomic E-state index is 0. The van der Waals surface area contributed by atoms with Gasteiger partial charge in [0.2, 0.25) is 11.8 Å². The van der Waals surface area contributed by atoms with Crippen LogP contribution in [-0.2, 0) is 9.59 Å². The molecular formula is C18H32ClN3O2. The van der Waals surface area contributed by atoms with Gasteiger partial charge < -0.3 is 10.6 Å². The maximum absolute atomic E-state index is 12.2. The molecule has 1 heterocycles. The third kappa shape index (κ3) is 5.62. The van der Waals surface area contributed by atoms with Crippen LogP contribution in [0.2, 0.25) is 0 Å². The van der Waals surface area contributed by atoms with E-state index < -0.39 is 0 Å². The molecule has 0 aromatic heterocycles. The van der Waals surface area contributed by atoms with Gasteiger partial charge in [0.15, 0.2) is 0 Å². The first-order valence-corrected chi connectivity index (χ1v) is 9.38. The molecule has 0 spiro atoms. The number of hydrogen-bond donors (Lipinski definition) is 2. The van der Waals surface area contributed by atoms with Crippen LogP contribution in [0, 0.1) is 17.8 Å². The maximum atomic E-state index is 12.2. The van der Waals surface area contributed by atoms with Crippen molar-refractivity contribution in [1.29, 1.82) is 0 Å². The summed E-state index contributed by atoms with van der Waals surface area (Å²) >= 11 is 0. The van der Waals surface area contributed by atoms with Crippen molar-refractivity contribution in [2.75, 3.05) is 26.2 Å². The quantitative estimate of drug-likeness (QED) is 0.763. The molecule has 6 heteroatoms. The molecule has 0 aromatic carbocycles. The lowest BCUT2D eigenvalue weighted by Gasteiger charge is -2.22. The lowest BCUT2D eigenvalue weighted by Crippen LogP contribution is -2.41. The predicted octanol–water partition coefficient (Wildman–Crippen LogP) is 1.95. The predicted molar refractivity (Wildman–Crippen MR) is 97.1 cm³/mol. The van der Waals surface area contributed by atoms with Crippen LogP contribution in [0.4, 0.5) is 0 Å². The Kier molecular flexibility index (Phi) is 7.35. The van der Waals surface area contributed by atoms with Crippen molar-refractivity contribution >= 4 is 24.2 Å². The summed E-state index contributed by atoms with van der Waals surface area (Å²) in [5, 5.41) is 6.21. The number of amides is 2. The molecule has 0 unspecified atom stereocenters. The van der Waals surface area contributed by atoms with Crippen molar-refractivity contribution < 1.29 is 9.59 Å². The normalized spacial score (nSPS) is 28.2. The molecule has 0 bridgehead atoms. The number of likely N-dealkylation sites (tertiary alicyclic amines) is 1. The number of rotatable bonds is 6. The summed E-state index contributed by atoms with van der Waals surface area (Å²) in [6, 6.07) is 0.228. The zero-order valence-electron chi connectivity index (χ0n) is 14.8. The fourth-order valence-corrected chi connectivity index (χ4v) is 4.37. The fraction of sp³-hybridized carbons (Fsp3) is 0.889. The van der Waals surface area contributed by atoms with E-state index in [4.69, 9.17) is 0 Å². The third-order valence-corrected chi connectivity index (χ3v) is 5.74. The van der Waals surface area contributed by atoms with Crippen LogP contribution in [0.3, 0.4) is 0 Å². The zero-order chi connectivity index (χ0) is 16.2. The van der Waals surface area contributed by atoms with E-state index in [0.717, 1.165) is 25.6 Å². The Bertz CT molecular complexity index is 436. The van der Waals surface area contributed by atoms with E-state index in [0.29, 0.717) is 18.4 Å². The number of carbonyl (C=O) groups excluding carboxylic acids is 2. The standard InChI is InChI=1S/C18H31N3O2.ClH/c1-13(22)20-17-11-21(10-16(17)15-7-8-15)12-18(23)19-9-14-5-3-2-4-6-14;/h14-17H,2-12H2,1H3,(H,19,23)(H,20,22);1H/t16-,17+;/m1./s1. The molecular weight excluding hydrogens is 326 g/mol. The summed E-state index contributed by atoms with van der Waals surface area (Å²) in [5.41, 5.74) is 0. The van der Waals surface area contributed by atoms with Crippen LogP contribution in [0.25, 0.3) is 0 Å². The van der Waals surface area contributed by atoms with Crippen molar-refractivity contribution in [2.24, 2.45) is 17.8 Å². The summed E-state index contributed by atoms with van der Waals surface area (Å²) in [4.78, 5) is 25.8. The van der Waals surface area contributed by atoms with E-state index in [-0.39, 0.29) is 30.3 Å². The molecule has 24 heavy (non-hydrogen) atoms. The summed E-state index contributed by atoms with van der Waals surface area (Å²) in [6.45, 7) is 4.67. The van der Waals surface area contributed by atoms with E-state index in [9.17, 15) is 9.59 Å². The van der Waals surface area contributed by atoms with Crippen LogP contribution in [0.5, 0.6) is 0 Å². The molecule has 2 N–H and O–H groups in total. The molecule has 2 aliphatic carbocycles. The van der Waals surface area contributed by atoms with Gasteiger partial charge in [-0.25, -0.2) is 0 Å². The minimum absolute atomic E-state index is 0. The van der Waals surface area contributed by atoms with Crippen LogP contribution < -0.4 is 10.6 Å². The first-order valence-electron chi connectivity index (χ1n) is 9.38.